The van der Waals surface area contributed by atoms with Crippen LogP contribution in [-0.2, 0) is 4.74 Å². The minimum absolute atomic E-state index is 0.0188. The average molecular weight is 288 g/mol. The van der Waals surface area contributed by atoms with E-state index in [1.807, 2.05) is 32.9 Å². The highest BCUT2D eigenvalue weighted by molar-refractivity contribution is 5.97. The molecule has 4 nitrogen and oxygen atoms in total. The Hall–Kier alpha value is -1.39. The van der Waals surface area contributed by atoms with Gasteiger partial charge in [-0.1, -0.05) is 17.7 Å². The molecule has 1 aliphatic carbocycles. The van der Waals surface area contributed by atoms with Crippen LogP contribution >= 0.6 is 0 Å². The Labute approximate surface area is 126 Å². The zero-order chi connectivity index (χ0) is 15.1. The van der Waals surface area contributed by atoms with Crippen LogP contribution in [0.25, 0.3) is 0 Å². The molecule has 1 aromatic carbocycles. The number of rotatable bonds is 2. The SMILES string of the molecule is Cc1cc(C)c(C(=O)NC2C(N)C3CCCOC32)c(C)c1. The van der Waals surface area contributed by atoms with Crippen molar-refractivity contribution in [1.29, 1.82) is 0 Å². The fourth-order valence-corrected chi connectivity index (χ4v) is 3.89. The van der Waals surface area contributed by atoms with Gasteiger partial charge in [-0.05, 0) is 44.7 Å². The Bertz CT molecular complexity index is 547. The van der Waals surface area contributed by atoms with Crippen LogP contribution < -0.4 is 11.1 Å². The topological polar surface area (TPSA) is 64.4 Å². The highest BCUT2D eigenvalue weighted by atomic mass is 16.5. The van der Waals surface area contributed by atoms with Crippen LogP contribution in [0.1, 0.15) is 39.9 Å². The van der Waals surface area contributed by atoms with Gasteiger partial charge in [0.05, 0.1) is 12.1 Å². The number of nitrogens with one attached hydrogen (secondary N) is 1. The van der Waals surface area contributed by atoms with Crippen LogP contribution in [0, 0.1) is 26.7 Å². The van der Waals surface area contributed by atoms with E-state index in [1.54, 1.807) is 0 Å². The van der Waals surface area contributed by atoms with Crippen LogP contribution in [0.3, 0.4) is 0 Å². The number of nitrogens with two attached hydrogens (primary N) is 1. The van der Waals surface area contributed by atoms with Gasteiger partial charge >= 0.3 is 0 Å². The molecule has 3 rings (SSSR count). The number of amides is 1. The zero-order valence-electron chi connectivity index (χ0n) is 13.0. The van der Waals surface area contributed by atoms with Crippen molar-refractivity contribution in [2.45, 2.75) is 51.8 Å². The zero-order valence-corrected chi connectivity index (χ0v) is 13.0. The number of carbonyl (C=O) groups excluding carboxylic acids is 1. The summed E-state index contributed by atoms with van der Waals surface area (Å²) in [5.74, 6) is 0.377. The first kappa shape index (κ1) is 14.5. The third-order valence-corrected chi connectivity index (χ3v) is 4.88. The molecule has 4 atom stereocenters. The lowest BCUT2D eigenvalue weighted by molar-refractivity contribution is -0.117. The maximum atomic E-state index is 12.6. The van der Waals surface area contributed by atoms with E-state index >= 15 is 0 Å². The maximum absolute atomic E-state index is 12.6. The fraction of sp³-hybridized carbons (Fsp3) is 0.588. The predicted molar refractivity (Wildman–Crippen MR) is 82.3 cm³/mol. The number of aryl methyl sites for hydroxylation is 3. The highest BCUT2D eigenvalue weighted by Crippen LogP contribution is 2.37. The van der Waals surface area contributed by atoms with E-state index in [9.17, 15) is 4.79 Å². The Morgan fingerprint density at radius 1 is 1.29 bits per heavy atom. The third-order valence-electron chi connectivity index (χ3n) is 4.88. The molecule has 4 heteroatoms. The van der Waals surface area contributed by atoms with Gasteiger partial charge in [-0.3, -0.25) is 4.79 Å². The third kappa shape index (κ3) is 2.47. The summed E-state index contributed by atoms with van der Waals surface area (Å²) in [5.41, 5.74) is 10.2. The minimum atomic E-state index is -0.0529. The van der Waals surface area contributed by atoms with Crippen molar-refractivity contribution in [3.8, 4) is 0 Å². The first-order valence-corrected chi connectivity index (χ1v) is 7.75. The van der Waals surface area contributed by atoms with Crippen LogP contribution in [0.4, 0.5) is 0 Å². The van der Waals surface area contributed by atoms with Crippen molar-refractivity contribution in [1.82, 2.24) is 5.32 Å². The van der Waals surface area contributed by atoms with Crippen molar-refractivity contribution in [2.24, 2.45) is 11.7 Å². The number of benzene rings is 1. The van der Waals surface area contributed by atoms with Crippen LogP contribution in [0.15, 0.2) is 12.1 Å². The smallest absolute Gasteiger partial charge is 0.252 e. The van der Waals surface area contributed by atoms with Crippen LogP contribution in [0.2, 0.25) is 0 Å². The molecule has 0 bridgehead atoms. The molecule has 1 amide bonds. The van der Waals surface area contributed by atoms with Gasteiger partial charge in [-0.15, -0.1) is 0 Å². The van der Waals surface area contributed by atoms with E-state index in [4.69, 9.17) is 10.5 Å². The Morgan fingerprint density at radius 2 is 1.95 bits per heavy atom. The largest absolute Gasteiger partial charge is 0.376 e. The lowest BCUT2D eigenvalue weighted by Gasteiger charge is -2.52. The molecule has 0 spiro atoms. The molecule has 4 unspecified atom stereocenters. The summed E-state index contributed by atoms with van der Waals surface area (Å²) >= 11 is 0. The molecular formula is C17H24N2O2. The second kappa shape index (κ2) is 5.43. The van der Waals surface area contributed by atoms with E-state index in [2.05, 4.69) is 5.32 Å². The second-order valence-corrected chi connectivity index (χ2v) is 6.49. The van der Waals surface area contributed by atoms with E-state index in [0.717, 1.165) is 36.1 Å². The van der Waals surface area contributed by atoms with Crippen molar-refractivity contribution in [3.05, 3.63) is 34.4 Å². The molecule has 114 valence electrons. The molecule has 3 N–H and O–H groups in total. The lowest BCUT2D eigenvalue weighted by atomic mass is 9.68. The van der Waals surface area contributed by atoms with Crippen molar-refractivity contribution < 1.29 is 9.53 Å². The van der Waals surface area contributed by atoms with Gasteiger partial charge in [0.1, 0.15) is 0 Å². The molecule has 0 radical (unpaired) electrons. The number of carbonyl (C=O) groups is 1. The average Bonchev–Trinajstić information content (AvgIpc) is 2.43. The molecular weight excluding hydrogens is 264 g/mol. The highest BCUT2D eigenvalue weighted by Gasteiger charge is 2.51. The molecule has 1 heterocycles. The minimum Gasteiger partial charge on any atom is -0.376 e. The first-order chi connectivity index (χ1) is 9.99. The van der Waals surface area contributed by atoms with Crippen molar-refractivity contribution in [2.75, 3.05) is 6.61 Å². The molecule has 2 aliphatic rings. The van der Waals surface area contributed by atoms with Crippen LogP contribution in [0.5, 0.6) is 0 Å². The normalized spacial score (nSPS) is 31.2. The molecule has 21 heavy (non-hydrogen) atoms. The van der Waals surface area contributed by atoms with Gasteiger partial charge in [0.2, 0.25) is 0 Å². The summed E-state index contributed by atoms with van der Waals surface area (Å²) in [6, 6.07) is 4.05. The van der Waals surface area contributed by atoms with Gasteiger partial charge in [0.25, 0.3) is 5.91 Å². The van der Waals surface area contributed by atoms with Crippen molar-refractivity contribution >= 4 is 5.91 Å². The quantitative estimate of drug-likeness (QED) is 0.873. The number of hydrogen-bond acceptors (Lipinski definition) is 3. The van der Waals surface area contributed by atoms with E-state index in [-0.39, 0.29) is 24.1 Å². The van der Waals surface area contributed by atoms with E-state index in [0.29, 0.717) is 5.92 Å². The summed E-state index contributed by atoms with van der Waals surface area (Å²) in [4.78, 5) is 12.6. The first-order valence-electron chi connectivity index (χ1n) is 7.75. The Balaban J connectivity index is 1.75. The number of hydrogen-bond donors (Lipinski definition) is 2. The van der Waals surface area contributed by atoms with Gasteiger partial charge in [-0.2, -0.15) is 0 Å². The molecule has 1 aromatic rings. The summed E-state index contributed by atoms with van der Waals surface area (Å²) in [6.07, 6.45) is 2.29. The molecule has 2 fully saturated rings. The van der Waals surface area contributed by atoms with Gasteiger partial charge in [-0.25, -0.2) is 0 Å². The second-order valence-electron chi connectivity index (χ2n) is 6.49. The van der Waals surface area contributed by atoms with E-state index < -0.39 is 0 Å². The number of ether oxygens (including phenoxy) is 1. The van der Waals surface area contributed by atoms with Gasteiger partial charge < -0.3 is 15.8 Å². The summed E-state index contributed by atoms with van der Waals surface area (Å²) < 4.78 is 5.78. The van der Waals surface area contributed by atoms with E-state index in [1.165, 1.54) is 5.56 Å². The van der Waals surface area contributed by atoms with Gasteiger partial charge in [0, 0.05) is 24.1 Å². The molecule has 1 saturated heterocycles. The van der Waals surface area contributed by atoms with Gasteiger partial charge in [0.15, 0.2) is 0 Å². The van der Waals surface area contributed by atoms with Crippen LogP contribution in [-0.4, -0.2) is 30.7 Å². The molecule has 1 saturated carbocycles. The standard InChI is InChI=1S/C17H24N2O2/c1-9-7-10(2)13(11(3)8-9)17(20)19-15-14(18)12-5-4-6-21-16(12)15/h7-8,12,14-16H,4-6,18H2,1-3H3,(H,19,20). The summed E-state index contributed by atoms with van der Waals surface area (Å²) in [6.45, 7) is 6.79. The lowest BCUT2D eigenvalue weighted by Crippen LogP contribution is -2.72. The predicted octanol–water partition coefficient (Wildman–Crippen LogP) is 1.85. The Morgan fingerprint density at radius 3 is 2.62 bits per heavy atom. The van der Waals surface area contributed by atoms with Crippen molar-refractivity contribution in [3.63, 3.8) is 0 Å². The summed E-state index contributed by atoms with van der Waals surface area (Å²) in [7, 11) is 0. The monoisotopic (exact) mass is 288 g/mol. The number of fused-ring (bicyclic) bond motifs is 1. The molecule has 0 aromatic heterocycles. The molecule has 1 aliphatic heterocycles. The summed E-state index contributed by atoms with van der Waals surface area (Å²) in [5, 5.41) is 3.09. The fourth-order valence-electron chi connectivity index (χ4n) is 3.89. The Kier molecular flexibility index (Phi) is 3.76. The maximum Gasteiger partial charge on any atom is 0.252 e.